The Balaban J connectivity index is 1.51. The maximum atomic E-state index is 12.4. The number of nitrogens with one attached hydrogen (secondary N) is 1. The molecular formula is C16H27ClN2O3S. The molecule has 0 radical (unpaired) electrons. The summed E-state index contributed by atoms with van der Waals surface area (Å²) in [5, 5.41) is 3.08. The van der Waals surface area contributed by atoms with Gasteiger partial charge in [-0.25, -0.2) is 0 Å². The smallest absolute Gasteiger partial charge is 0.299 e. The second-order valence-electron chi connectivity index (χ2n) is 8.08. The minimum atomic E-state index is -3.72. The predicted octanol–water partition coefficient (Wildman–Crippen LogP) is 2.37. The third-order valence-corrected chi connectivity index (χ3v) is 8.14. The van der Waals surface area contributed by atoms with Crippen LogP contribution in [0.15, 0.2) is 0 Å². The zero-order chi connectivity index (χ0) is 16.8. The monoisotopic (exact) mass is 362 g/mol. The number of carbonyl (C=O) groups excluding carboxylic acids is 1. The van der Waals surface area contributed by atoms with E-state index in [1.807, 2.05) is 0 Å². The van der Waals surface area contributed by atoms with Gasteiger partial charge in [-0.05, 0) is 55.3 Å². The lowest BCUT2D eigenvalue weighted by molar-refractivity contribution is -0.129. The predicted molar refractivity (Wildman–Crippen MR) is 90.2 cm³/mol. The molecule has 132 valence electrons. The van der Waals surface area contributed by atoms with Gasteiger partial charge in [0.15, 0.2) is 0 Å². The zero-order valence-corrected chi connectivity index (χ0v) is 15.5. The van der Waals surface area contributed by atoms with Gasteiger partial charge in [-0.2, -0.15) is 12.7 Å². The standard InChI is InChI=1S/C16H27ClN2O3S/c1-16(2)13-6-5-11(14(16)8-13)9-18-15(20)12-4-3-7-19(10-12)23(17,21)22/h11-14H,3-10H2,1-2H3,(H,18,20)/t11-,12?,13-,14-/m0/s1. The SMILES string of the molecule is CC1(C)[C@H]2CC[C@@H](CNC(=O)C3CCCN(S(=O)(=O)Cl)C3)[C@@H]1C2. The van der Waals surface area contributed by atoms with Gasteiger partial charge in [0.25, 0.3) is 9.24 Å². The Morgan fingerprint density at radius 3 is 2.65 bits per heavy atom. The molecule has 23 heavy (non-hydrogen) atoms. The van der Waals surface area contributed by atoms with Crippen molar-refractivity contribution in [2.75, 3.05) is 19.6 Å². The summed E-state index contributed by atoms with van der Waals surface area (Å²) >= 11 is 0. The van der Waals surface area contributed by atoms with Crippen LogP contribution >= 0.6 is 10.7 Å². The molecule has 7 heteroatoms. The van der Waals surface area contributed by atoms with Crippen LogP contribution in [0.1, 0.15) is 46.0 Å². The van der Waals surface area contributed by atoms with E-state index in [1.165, 1.54) is 23.6 Å². The van der Waals surface area contributed by atoms with Gasteiger partial charge in [0.2, 0.25) is 5.91 Å². The molecule has 0 aromatic rings. The number of rotatable bonds is 4. The summed E-state index contributed by atoms with van der Waals surface area (Å²) in [6, 6.07) is 0. The number of halogens is 1. The van der Waals surface area contributed by atoms with Crippen molar-refractivity contribution in [1.82, 2.24) is 9.62 Å². The van der Waals surface area contributed by atoms with E-state index < -0.39 is 9.24 Å². The fraction of sp³-hybridized carbons (Fsp3) is 0.938. The fourth-order valence-electron chi connectivity index (χ4n) is 4.94. The molecule has 2 bridgehead atoms. The van der Waals surface area contributed by atoms with Crippen LogP contribution in [0.2, 0.25) is 0 Å². The van der Waals surface area contributed by atoms with Crippen molar-refractivity contribution in [3.8, 4) is 0 Å². The molecule has 0 aromatic carbocycles. The first kappa shape index (κ1) is 17.5. The molecule has 4 aliphatic rings. The lowest BCUT2D eigenvalue weighted by Gasteiger charge is -2.60. The highest BCUT2D eigenvalue weighted by molar-refractivity contribution is 8.11. The Morgan fingerprint density at radius 2 is 2.04 bits per heavy atom. The summed E-state index contributed by atoms with van der Waals surface area (Å²) in [5.74, 6) is 1.85. The first-order valence-corrected chi connectivity index (χ1v) is 10.9. The normalized spacial score (nSPS) is 37.0. The topological polar surface area (TPSA) is 66.5 Å². The molecule has 5 nitrogen and oxygen atoms in total. The molecule has 1 heterocycles. The molecule has 1 N–H and O–H groups in total. The number of hydrogen-bond acceptors (Lipinski definition) is 3. The van der Waals surface area contributed by atoms with Crippen molar-refractivity contribution in [3.05, 3.63) is 0 Å². The van der Waals surface area contributed by atoms with E-state index in [1.54, 1.807) is 0 Å². The average molecular weight is 363 g/mol. The molecule has 1 amide bonds. The first-order valence-electron chi connectivity index (χ1n) is 8.67. The second kappa shape index (κ2) is 6.19. The number of piperidine rings is 1. The second-order valence-corrected chi connectivity index (χ2v) is 10.6. The lowest BCUT2D eigenvalue weighted by Crippen LogP contribution is -2.55. The van der Waals surface area contributed by atoms with E-state index in [0.29, 0.717) is 30.2 Å². The van der Waals surface area contributed by atoms with Crippen LogP contribution in [0.4, 0.5) is 0 Å². The van der Waals surface area contributed by atoms with E-state index in [0.717, 1.165) is 18.9 Å². The van der Waals surface area contributed by atoms with E-state index in [2.05, 4.69) is 19.2 Å². The van der Waals surface area contributed by atoms with Crippen molar-refractivity contribution >= 4 is 25.8 Å². The molecule has 1 saturated heterocycles. The van der Waals surface area contributed by atoms with Gasteiger partial charge < -0.3 is 5.32 Å². The summed E-state index contributed by atoms with van der Waals surface area (Å²) in [4.78, 5) is 12.4. The molecule has 0 aromatic heterocycles. The Morgan fingerprint density at radius 1 is 1.30 bits per heavy atom. The largest absolute Gasteiger partial charge is 0.356 e. The van der Waals surface area contributed by atoms with Crippen molar-refractivity contribution in [1.29, 1.82) is 0 Å². The van der Waals surface area contributed by atoms with E-state index >= 15 is 0 Å². The average Bonchev–Trinajstić information content (AvgIpc) is 2.52. The molecule has 4 rings (SSSR count). The Hall–Kier alpha value is -0.330. The number of nitrogens with zero attached hydrogens (tertiary/aromatic N) is 1. The maximum Gasteiger partial charge on any atom is 0.299 e. The van der Waals surface area contributed by atoms with Crippen LogP contribution in [-0.4, -0.2) is 38.3 Å². The number of fused-ring (bicyclic) bond motifs is 2. The van der Waals surface area contributed by atoms with E-state index in [4.69, 9.17) is 10.7 Å². The minimum Gasteiger partial charge on any atom is -0.356 e. The van der Waals surface area contributed by atoms with Crippen LogP contribution in [0.3, 0.4) is 0 Å². The van der Waals surface area contributed by atoms with Crippen molar-refractivity contribution in [2.45, 2.75) is 46.0 Å². The summed E-state index contributed by atoms with van der Waals surface area (Å²) in [6.07, 6.45) is 5.19. The van der Waals surface area contributed by atoms with Gasteiger partial charge in [-0.15, -0.1) is 0 Å². The number of carbonyl (C=O) groups is 1. The highest BCUT2D eigenvalue weighted by Crippen LogP contribution is 2.61. The van der Waals surface area contributed by atoms with E-state index in [-0.39, 0.29) is 18.4 Å². The quantitative estimate of drug-likeness (QED) is 0.781. The first-order chi connectivity index (χ1) is 10.7. The summed E-state index contributed by atoms with van der Waals surface area (Å²) in [6.45, 7) is 6.05. The van der Waals surface area contributed by atoms with Gasteiger partial charge in [0.1, 0.15) is 0 Å². The summed E-state index contributed by atoms with van der Waals surface area (Å²) in [5.41, 5.74) is 0.419. The molecule has 1 aliphatic heterocycles. The highest BCUT2D eigenvalue weighted by atomic mass is 35.7. The Bertz CT molecular complexity index is 576. The lowest BCUT2D eigenvalue weighted by atomic mass is 9.45. The zero-order valence-electron chi connectivity index (χ0n) is 13.9. The van der Waals surface area contributed by atoms with Gasteiger partial charge in [0.05, 0.1) is 5.92 Å². The minimum absolute atomic E-state index is 0.0192. The van der Waals surface area contributed by atoms with Gasteiger partial charge in [-0.1, -0.05) is 13.8 Å². The summed E-state index contributed by atoms with van der Waals surface area (Å²) < 4.78 is 24.1. The van der Waals surface area contributed by atoms with Crippen LogP contribution in [0, 0.1) is 29.1 Å². The number of hydrogen-bond donors (Lipinski definition) is 1. The molecule has 1 unspecified atom stereocenters. The highest BCUT2D eigenvalue weighted by Gasteiger charge is 2.54. The fourth-order valence-corrected chi connectivity index (χ4v) is 6.02. The van der Waals surface area contributed by atoms with Crippen LogP contribution in [0.25, 0.3) is 0 Å². The Labute approximate surface area is 143 Å². The van der Waals surface area contributed by atoms with Gasteiger partial charge in [0, 0.05) is 30.3 Å². The van der Waals surface area contributed by atoms with Gasteiger partial charge in [-0.3, -0.25) is 4.79 Å². The molecule has 4 atom stereocenters. The van der Waals surface area contributed by atoms with Gasteiger partial charge >= 0.3 is 0 Å². The van der Waals surface area contributed by atoms with Crippen LogP contribution in [-0.2, 0) is 14.0 Å². The van der Waals surface area contributed by atoms with E-state index in [9.17, 15) is 13.2 Å². The maximum absolute atomic E-state index is 12.4. The molecule has 4 fully saturated rings. The molecule has 3 saturated carbocycles. The third kappa shape index (κ3) is 3.40. The molecule has 0 spiro atoms. The van der Waals surface area contributed by atoms with Crippen molar-refractivity contribution in [3.63, 3.8) is 0 Å². The molecule has 3 aliphatic carbocycles. The number of amides is 1. The van der Waals surface area contributed by atoms with Crippen molar-refractivity contribution < 1.29 is 13.2 Å². The third-order valence-electron chi connectivity index (χ3n) is 6.60. The van der Waals surface area contributed by atoms with Crippen LogP contribution < -0.4 is 5.32 Å². The summed E-state index contributed by atoms with van der Waals surface area (Å²) in [7, 11) is 1.68. The van der Waals surface area contributed by atoms with Crippen molar-refractivity contribution in [2.24, 2.45) is 29.1 Å². The molecular weight excluding hydrogens is 336 g/mol. The Kier molecular flexibility index (Phi) is 4.71. The van der Waals surface area contributed by atoms with Crippen LogP contribution in [0.5, 0.6) is 0 Å².